The molecular weight excluding hydrogens is 476 g/mol. The van der Waals surface area contributed by atoms with Gasteiger partial charge in [-0.05, 0) is 31.5 Å². The molecule has 3 saturated heterocycles. The molecule has 11 heteroatoms. The summed E-state index contributed by atoms with van der Waals surface area (Å²) in [5, 5.41) is 12.6. The number of likely N-dealkylation sites (N-methyl/N-ethyl adjacent to an activating group) is 1. The molecule has 34 heavy (non-hydrogen) atoms. The fraction of sp³-hybridized carbons (Fsp3) is 0.348. The minimum absolute atomic E-state index is 0.0537. The zero-order valence-electron chi connectivity index (χ0n) is 18.7. The second-order valence-electron chi connectivity index (χ2n) is 9.00. The number of hydrogen-bond donors (Lipinski definition) is 0. The number of carbonyl (C=O) groups excluding carboxylic acids is 2. The smallest absolute Gasteiger partial charge is 0.269 e. The molecule has 0 radical (unpaired) electrons. The number of nitrogens with zero attached hydrogens (tertiary/aromatic N) is 4. The van der Waals surface area contributed by atoms with Gasteiger partial charge in [-0.3, -0.25) is 24.5 Å². The summed E-state index contributed by atoms with van der Waals surface area (Å²) >= 11 is 6.96. The third-order valence-electron chi connectivity index (χ3n) is 6.79. The number of non-ortho nitro benzene ring substituents is 1. The van der Waals surface area contributed by atoms with E-state index in [4.69, 9.17) is 17.1 Å². The van der Waals surface area contributed by atoms with E-state index in [0.29, 0.717) is 15.6 Å². The highest BCUT2D eigenvalue weighted by molar-refractivity contribution is 8.23. The number of para-hydroxylation sites is 1. The van der Waals surface area contributed by atoms with E-state index in [1.807, 2.05) is 31.9 Å². The fourth-order valence-electron chi connectivity index (χ4n) is 4.70. The molecule has 2 aromatic rings. The molecular formula is C23H22N4O5S2. The van der Waals surface area contributed by atoms with Gasteiger partial charge >= 0.3 is 0 Å². The molecule has 0 unspecified atom stereocenters. The maximum Gasteiger partial charge on any atom is 0.269 e. The molecule has 3 aliphatic rings. The predicted octanol–water partition coefficient (Wildman–Crippen LogP) is 3.51. The van der Waals surface area contributed by atoms with Crippen molar-refractivity contribution < 1.29 is 19.3 Å². The second kappa shape index (κ2) is 8.12. The van der Waals surface area contributed by atoms with Crippen LogP contribution in [0.25, 0.3) is 0 Å². The van der Waals surface area contributed by atoms with Crippen LogP contribution in [0.1, 0.15) is 25.5 Å². The number of carbonyl (C=O) groups is 2. The molecule has 3 aliphatic heterocycles. The molecule has 5 rings (SSSR count). The van der Waals surface area contributed by atoms with Crippen LogP contribution in [0.15, 0.2) is 54.6 Å². The Morgan fingerprint density at radius 1 is 1.06 bits per heavy atom. The average Bonchev–Trinajstić information content (AvgIpc) is 3.39. The van der Waals surface area contributed by atoms with Gasteiger partial charge < -0.3 is 4.90 Å². The van der Waals surface area contributed by atoms with Crippen LogP contribution in [0, 0.1) is 16.0 Å². The van der Waals surface area contributed by atoms with Gasteiger partial charge in [0.2, 0.25) is 5.91 Å². The first-order chi connectivity index (χ1) is 16.1. The maximum absolute atomic E-state index is 13.7. The molecule has 2 aromatic carbocycles. The van der Waals surface area contributed by atoms with Crippen LogP contribution in [0.3, 0.4) is 0 Å². The molecule has 9 nitrogen and oxygen atoms in total. The average molecular weight is 499 g/mol. The van der Waals surface area contributed by atoms with Crippen molar-refractivity contribution in [3.8, 4) is 0 Å². The summed E-state index contributed by atoms with van der Waals surface area (Å²) in [5.41, 5.74) is 0.638. The lowest BCUT2D eigenvalue weighted by molar-refractivity contribution is -0.384. The number of thiocarbonyl (C=S) groups is 1. The molecule has 0 bridgehead atoms. The van der Waals surface area contributed by atoms with E-state index in [1.165, 1.54) is 28.8 Å². The molecule has 0 N–H and O–H groups in total. The summed E-state index contributed by atoms with van der Waals surface area (Å²) in [5.74, 6) is -1.58. The Labute approximate surface area is 205 Å². The summed E-state index contributed by atoms with van der Waals surface area (Å²) in [6.45, 7) is 4.04. The van der Waals surface area contributed by atoms with Crippen molar-refractivity contribution in [3.63, 3.8) is 0 Å². The van der Waals surface area contributed by atoms with Crippen LogP contribution in [0.5, 0.6) is 0 Å². The van der Waals surface area contributed by atoms with E-state index < -0.39 is 34.4 Å². The summed E-state index contributed by atoms with van der Waals surface area (Å²) in [6, 6.07) is 14.2. The predicted molar refractivity (Wildman–Crippen MR) is 131 cm³/mol. The number of hydroxylamine groups is 2. The number of anilines is 1. The topological polar surface area (TPSA) is 96.2 Å². The monoisotopic (exact) mass is 498 g/mol. The van der Waals surface area contributed by atoms with Crippen LogP contribution >= 0.6 is 24.0 Å². The molecule has 0 spiro atoms. The first-order valence-corrected chi connectivity index (χ1v) is 12.0. The van der Waals surface area contributed by atoms with Crippen LogP contribution in [0.2, 0.25) is 0 Å². The van der Waals surface area contributed by atoms with Crippen molar-refractivity contribution in [2.75, 3.05) is 11.9 Å². The van der Waals surface area contributed by atoms with E-state index in [2.05, 4.69) is 0 Å². The van der Waals surface area contributed by atoms with Gasteiger partial charge in [-0.15, -0.1) is 0 Å². The van der Waals surface area contributed by atoms with Crippen molar-refractivity contribution >= 4 is 51.5 Å². The summed E-state index contributed by atoms with van der Waals surface area (Å²) in [6.07, 6.45) is -0.997. The minimum Gasteiger partial charge on any atom is -0.353 e. The van der Waals surface area contributed by atoms with Crippen molar-refractivity contribution in [2.24, 2.45) is 5.92 Å². The van der Waals surface area contributed by atoms with Gasteiger partial charge in [0.1, 0.15) is 9.69 Å². The lowest BCUT2D eigenvalue weighted by Gasteiger charge is -2.39. The maximum atomic E-state index is 13.7. The van der Waals surface area contributed by atoms with Gasteiger partial charge in [-0.2, -0.15) is 5.06 Å². The molecule has 0 aromatic heterocycles. The Morgan fingerprint density at radius 2 is 1.71 bits per heavy atom. The lowest BCUT2D eigenvalue weighted by atomic mass is 9.90. The number of fused-ring (bicyclic) bond motifs is 1. The van der Waals surface area contributed by atoms with Gasteiger partial charge in [0.15, 0.2) is 6.10 Å². The first kappa shape index (κ1) is 22.9. The van der Waals surface area contributed by atoms with Crippen molar-refractivity contribution in [1.29, 1.82) is 0 Å². The van der Waals surface area contributed by atoms with E-state index in [1.54, 1.807) is 41.5 Å². The number of nitro benzene ring substituents is 1. The Balaban J connectivity index is 1.58. The number of hydrogen-bond acceptors (Lipinski definition) is 8. The Kier molecular flexibility index (Phi) is 5.47. The second-order valence-corrected chi connectivity index (χ2v) is 10.7. The number of rotatable bonds is 4. The van der Waals surface area contributed by atoms with E-state index in [-0.39, 0.29) is 17.0 Å². The lowest BCUT2D eigenvalue weighted by Crippen LogP contribution is -2.51. The zero-order chi connectivity index (χ0) is 24.4. The Hall–Kier alpha value is -2.86. The van der Waals surface area contributed by atoms with Crippen LogP contribution in [-0.4, -0.2) is 55.1 Å². The molecule has 0 aliphatic carbocycles. The number of benzene rings is 2. The van der Waals surface area contributed by atoms with E-state index >= 15 is 0 Å². The van der Waals surface area contributed by atoms with Gasteiger partial charge in [-0.1, -0.05) is 54.3 Å². The van der Waals surface area contributed by atoms with Crippen molar-refractivity contribution in [3.05, 3.63) is 70.3 Å². The number of imide groups is 1. The van der Waals surface area contributed by atoms with Crippen molar-refractivity contribution in [1.82, 2.24) is 9.96 Å². The molecule has 4 atom stereocenters. The van der Waals surface area contributed by atoms with Crippen LogP contribution in [0.4, 0.5) is 11.4 Å². The first-order valence-electron chi connectivity index (χ1n) is 10.7. The highest BCUT2D eigenvalue weighted by Gasteiger charge is 2.63. The molecule has 2 amide bonds. The van der Waals surface area contributed by atoms with E-state index in [9.17, 15) is 19.7 Å². The van der Waals surface area contributed by atoms with Crippen LogP contribution < -0.4 is 4.90 Å². The van der Waals surface area contributed by atoms with Gasteiger partial charge in [0.25, 0.3) is 11.6 Å². The highest BCUT2D eigenvalue weighted by Crippen LogP contribution is 2.52. The Bertz CT molecular complexity index is 1190. The summed E-state index contributed by atoms with van der Waals surface area (Å²) in [4.78, 5) is 47.2. The Morgan fingerprint density at radius 3 is 2.26 bits per heavy atom. The normalized spacial score (nSPS) is 28.6. The molecule has 3 fully saturated rings. The van der Waals surface area contributed by atoms with Gasteiger partial charge in [0.05, 0.1) is 28.1 Å². The minimum atomic E-state index is -0.997. The highest BCUT2D eigenvalue weighted by atomic mass is 32.2. The van der Waals surface area contributed by atoms with Gasteiger partial charge in [-0.25, -0.2) is 4.90 Å². The third kappa shape index (κ3) is 3.34. The largest absolute Gasteiger partial charge is 0.353 e. The molecule has 3 heterocycles. The summed E-state index contributed by atoms with van der Waals surface area (Å²) < 4.78 is 0.682. The number of thioether (sulfide) groups is 1. The fourth-order valence-corrected chi connectivity index (χ4v) is 6.52. The SMILES string of the molecule is CN1C(=S)S[C@H](N2O[C@H]3C(=O)N(c4ccccc4)C(=O)[C@@H]3[C@H]2c2ccc([N+](=O)[O-])cc2)C1(C)C. The number of amides is 2. The quantitative estimate of drug-likeness (QED) is 0.272. The van der Waals surface area contributed by atoms with Crippen molar-refractivity contribution in [2.45, 2.75) is 36.9 Å². The zero-order valence-corrected chi connectivity index (χ0v) is 20.3. The molecule has 176 valence electrons. The molecule has 0 saturated carbocycles. The third-order valence-corrected chi connectivity index (χ3v) is 8.84. The summed E-state index contributed by atoms with van der Waals surface area (Å²) in [7, 11) is 1.90. The standard InChI is InChI=1S/C23H22N4O5S2/c1-23(2)21(34-22(33)24(23)3)26-17(13-9-11-15(12-10-13)27(30)31)16-18(32-26)20(29)25(19(16)28)14-7-5-4-6-8-14/h4-12,16-18,21H,1-3H3/t16-,17-,18-,21+/m1/s1. The number of nitro groups is 1. The van der Waals surface area contributed by atoms with Crippen LogP contribution in [-0.2, 0) is 14.4 Å². The van der Waals surface area contributed by atoms with Gasteiger partial charge in [0, 0.05) is 19.2 Å². The van der Waals surface area contributed by atoms with E-state index in [0.717, 1.165) is 0 Å².